The largest absolute Gasteiger partial charge is 0.383 e. The van der Waals surface area contributed by atoms with Crippen LogP contribution < -0.4 is 10.6 Å². The molecule has 2 heteroatoms. The molecule has 1 aromatic carbocycles. The Labute approximate surface area is 212 Å². The van der Waals surface area contributed by atoms with Crippen molar-refractivity contribution in [2.75, 3.05) is 5.32 Å². The summed E-state index contributed by atoms with van der Waals surface area (Å²) in [4.78, 5) is 0. The van der Waals surface area contributed by atoms with Crippen LogP contribution in [0.1, 0.15) is 112 Å². The molecular weight excluding hydrogens is 412 g/mol. The van der Waals surface area contributed by atoms with Gasteiger partial charge in [0.05, 0.1) is 0 Å². The number of aryl methyl sites for hydroxylation is 1. The van der Waals surface area contributed by atoms with Gasteiger partial charge in [-0.25, -0.2) is 0 Å². The molecule has 2 nitrogen and oxygen atoms in total. The zero-order valence-electron chi connectivity index (χ0n) is 23.6. The number of benzene rings is 1. The van der Waals surface area contributed by atoms with Crippen LogP contribution in [0.15, 0.2) is 36.4 Å². The highest BCUT2D eigenvalue weighted by atomic mass is 14.9. The van der Waals surface area contributed by atoms with Gasteiger partial charge in [0.15, 0.2) is 0 Å². The van der Waals surface area contributed by atoms with Crippen LogP contribution in [-0.4, -0.2) is 18.1 Å². The maximum absolute atomic E-state index is 3.86. The Morgan fingerprint density at radius 3 is 2.06 bits per heavy atom. The van der Waals surface area contributed by atoms with Gasteiger partial charge >= 0.3 is 0 Å². The molecule has 4 unspecified atom stereocenters. The van der Waals surface area contributed by atoms with Gasteiger partial charge in [-0.2, -0.15) is 0 Å². The highest BCUT2D eigenvalue weighted by molar-refractivity contribution is 5.45. The van der Waals surface area contributed by atoms with Gasteiger partial charge in [0.1, 0.15) is 0 Å². The number of unbranched alkanes of at least 4 members (excludes halogenated alkanes) is 2. The van der Waals surface area contributed by atoms with E-state index in [1.54, 1.807) is 0 Å². The molecule has 1 aliphatic rings. The fourth-order valence-corrected chi connectivity index (χ4v) is 5.91. The molecule has 0 spiro atoms. The maximum atomic E-state index is 3.86. The van der Waals surface area contributed by atoms with E-state index in [0.717, 1.165) is 23.7 Å². The van der Waals surface area contributed by atoms with Gasteiger partial charge in [0.2, 0.25) is 0 Å². The lowest BCUT2D eigenvalue weighted by Gasteiger charge is -2.32. The topological polar surface area (TPSA) is 24.1 Å². The molecule has 2 rings (SSSR count). The van der Waals surface area contributed by atoms with E-state index in [1.807, 2.05) is 0 Å². The van der Waals surface area contributed by atoms with Crippen molar-refractivity contribution in [2.24, 2.45) is 23.7 Å². The van der Waals surface area contributed by atoms with E-state index in [1.165, 1.54) is 75.5 Å². The summed E-state index contributed by atoms with van der Waals surface area (Å²) in [6, 6.07) is 11.0. The van der Waals surface area contributed by atoms with Crippen molar-refractivity contribution < 1.29 is 0 Å². The van der Waals surface area contributed by atoms with Crippen LogP contribution in [0.25, 0.3) is 0 Å². The summed E-state index contributed by atoms with van der Waals surface area (Å²) in [6.07, 6.45) is 18.2. The second-order valence-electron chi connectivity index (χ2n) is 12.1. The third-order valence-corrected chi connectivity index (χ3v) is 7.50. The SMILES string of the molecule is CCCCCC(CCc1ccc(NC(C)CC(C)C)cc1)C1C=C[C@@H](NC(C)CC(C)C)CC1. The van der Waals surface area contributed by atoms with Crippen LogP contribution >= 0.6 is 0 Å². The molecule has 0 saturated carbocycles. The monoisotopic (exact) mass is 468 g/mol. The molecule has 1 aromatic rings. The van der Waals surface area contributed by atoms with Crippen molar-refractivity contribution in [3.63, 3.8) is 0 Å². The molecule has 0 radical (unpaired) electrons. The smallest absolute Gasteiger partial charge is 0.0342 e. The lowest BCUT2D eigenvalue weighted by Crippen LogP contribution is -2.38. The summed E-state index contributed by atoms with van der Waals surface area (Å²) < 4.78 is 0. The first kappa shape index (κ1) is 29.0. The van der Waals surface area contributed by atoms with E-state index >= 15 is 0 Å². The number of hydrogen-bond acceptors (Lipinski definition) is 2. The van der Waals surface area contributed by atoms with Crippen molar-refractivity contribution >= 4 is 5.69 Å². The lowest BCUT2D eigenvalue weighted by molar-refractivity contribution is 0.289. The molecule has 5 atom stereocenters. The number of rotatable bonds is 16. The number of nitrogens with one attached hydrogen (secondary N) is 2. The standard InChI is InChI=1S/C32H56N2/c1-8-9-10-11-29(30-16-20-32(21-17-30)34-27(7)23-25(4)5)15-12-28-13-18-31(19-14-28)33-26(6)22-24(2)3/h13-14,16,18-20,24-27,29-30,32-34H,8-12,15,17,21-23H2,1-7H3/t26?,27?,29?,30?,32-/m1/s1. The Hall–Kier alpha value is -1.28. The second kappa shape index (κ2) is 15.7. The summed E-state index contributed by atoms with van der Waals surface area (Å²) in [7, 11) is 0. The lowest BCUT2D eigenvalue weighted by atomic mass is 9.77. The van der Waals surface area contributed by atoms with Crippen molar-refractivity contribution in [1.29, 1.82) is 0 Å². The molecule has 1 aliphatic carbocycles. The highest BCUT2D eigenvalue weighted by Gasteiger charge is 2.24. The van der Waals surface area contributed by atoms with E-state index in [9.17, 15) is 0 Å². The molecule has 0 heterocycles. The average Bonchev–Trinajstić information content (AvgIpc) is 2.76. The van der Waals surface area contributed by atoms with Crippen LogP contribution in [0.4, 0.5) is 5.69 Å². The quantitative estimate of drug-likeness (QED) is 0.187. The van der Waals surface area contributed by atoms with E-state index in [-0.39, 0.29) is 0 Å². The second-order valence-corrected chi connectivity index (χ2v) is 12.1. The van der Waals surface area contributed by atoms with Crippen molar-refractivity contribution in [1.82, 2.24) is 5.32 Å². The molecule has 0 amide bonds. The Kier molecular flexibility index (Phi) is 13.3. The number of allylic oxidation sites excluding steroid dienone is 1. The molecular formula is C32H56N2. The third kappa shape index (κ3) is 11.4. The van der Waals surface area contributed by atoms with E-state index in [0.29, 0.717) is 18.1 Å². The van der Waals surface area contributed by atoms with Gasteiger partial charge in [0.25, 0.3) is 0 Å². The minimum Gasteiger partial charge on any atom is -0.383 e. The Morgan fingerprint density at radius 2 is 1.47 bits per heavy atom. The van der Waals surface area contributed by atoms with Gasteiger partial charge < -0.3 is 10.6 Å². The fraction of sp³-hybridized carbons (Fsp3) is 0.750. The summed E-state index contributed by atoms with van der Waals surface area (Å²) in [6.45, 7) is 16.2. The van der Waals surface area contributed by atoms with Crippen LogP contribution in [0.5, 0.6) is 0 Å². The van der Waals surface area contributed by atoms with Crippen LogP contribution in [0.2, 0.25) is 0 Å². The van der Waals surface area contributed by atoms with Gasteiger partial charge in [-0.05, 0) is 100 Å². The molecule has 34 heavy (non-hydrogen) atoms. The Balaban J connectivity index is 1.89. The molecule has 0 aromatic heterocycles. The molecule has 0 aliphatic heterocycles. The molecule has 194 valence electrons. The molecule has 0 bridgehead atoms. The first-order valence-electron chi connectivity index (χ1n) is 14.6. The normalized spacial score (nSPS) is 21.1. The van der Waals surface area contributed by atoms with Crippen LogP contribution in [-0.2, 0) is 6.42 Å². The molecule has 0 fully saturated rings. The summed E-state index contributed by atoms with van der Waals surface area (Å²) >= 11 is 0. The van der Waals surface area contributed by atoms with Gasteiger partial charge in [-0.3, -0.25) is 0 Å². The van der Waals surface area contributed by atoms with Gasteiger partial charge in [-0.1, -0.05) is 78.2 Å². The fourth-order valence-electron chi connectivity index (χ4n) is 5.91. The molecule has 2 N–H and O–H groups in total. The highest BCUT2D eigenvalue weighted by Crippen LogP contribution is 2.32. The minimum absolute atomic E-state index is 0.526. The Morgan fingerprint density at radius 1 is 0.794 bits per heavy atom. The zero-order chi connectivity index (χ0) is 24.9. The predicted molar refractivity (Wildman–Crippen MR) is 153 cm³/mol. The van der Waals surface area contributed by atoms with Crippen molar-refractivity contribution in [2.45, 2.75) is 131 Å². The maximum Gasteiger partial charge on any atom is 0.0342 e. The minimum atomic E-state index is 0.526. The van der Waals surface area contributed by atoms with E-state index in [2.05, 4.69) is 95.5 Å². The average molecular weight is 469 g/mol. The van der Waals surface area contributed by atoms with Gasteiger partial charge in [-0.15, -0.1) is 0 Å². The third-order valence-electron chi connectivity index (χ3n) is 7.50. The number of anilines is 1. The van der Waals surface area contributed by atoms with Crippen molar-refractivity contribution in [3.8, 4) is 0 Å². The van der Waals surface area contributed by atoms with Crippen LogP contribution in [0, 0.1) is 23.7 Å². The molecule has 0 saturated heterocycles. The Bertz CT molecular complexity index is 675. The summed E-state index contributed by atoms with van der Waals surface area (Å²) in [5.41, 5.74) is 2.75. The van der Waals surface area contributed by atoms with Crippen LogP contribution in [0.3, 0.4) is 0 Å². The predicted octanol–water partition coefficient (Wildman–Crippen LogP) is 9.02. The first-order valence-corrected chi connectivity index (χ1v) is 14.6. The van der Waals surface area contributed by atoms with Gasteiger partial charge in [0, 0.05) is 23.8 Å². The zero-order valence-corrected chi connectivity index (χ0v) is 23.6. The summed E-state index contributed by atoms with van der Waals surface area (Å²) in [5, 5.41) is 7.52. The summed E-state index contributed by atoms with van der Waals surface area (Å²) in [5.74, 6) is 3.07. The first-order chi connectivity index (χ1) is 16.3. The number of hydrogen-bond donors (Lipinski definition) is 2. The van der Waals surface area contributed by atoms with E-state index < -0.39 is 0 Å². The van der Waals surface area contributed by atoms with E-state index in [4.69, 9.17) is 0 Å². The van der Waals surface area contributed by atoms with Crippen molar-refractivity contribution in [3.05, 3.63) is 42.0 Å².